The van der Waals surface area contributed by atoms with E-state index in [1.807, 2.05) is 37.3 Å². The van der Waals surface area contributed by atoms with Gasteiger partial charge in [0.05, 0.1) is 11.9 Å². The number of aryl methyl sites for hydroxylation is 1. The summed E-state index contributed by atoms with van der Waals surface area (Å²) in [5, 5.41) is 11.0. The van der Waals surface area contributed by atoms with E-state index in [-0.39, 0.29) is 29.7 Å². The molecule has 0 unspecified atom stereocenters. The molecule has 2 amide bonds. The van der Waals surface area contributed by atoms with Crippen LogP contribution in [0.15, 0.2) is 34.9 Å². The van der Waals surface area contributed by atoms with Crippen molar-refractivity contribution >= 4 is 56.1 Å². The Kier molecular flexibility index (Phi) is 4.82. The van der Waals surface area contributed by atoms with Crippen LogP contribution in [0.2, 0.25) is 5.15 Å². The quantitative estimate of drug-likeness (QED) is 0.522. The average Bonchev–Trinajstić information content (AvgIpc) is 3.08. The first-order valence-corrected chi connectivity index (χ1v) is 11.3. The fourth-order valence-corrected chi connectivity index (χ4v) is 5.10. The van der Waals surface area contributed by atoms with Gasteiger partial charge in [-0.3, -0.25) is 14.7 Å². The van der Waals surface area contributed by atoms with Gasteiger partial charge in [0, 0.05) is 11.4 Å². The number of halogens is 2. The number of piperidine rings is 1. The number of hydrogen-bond donors (Lipinski definition) is 2. The van der Waals surface area contributed by atoms with Crippen molar-refractivity contribution in [2.45, 2.75) is 45.2 Å². The Morgan fingerprint density at radius 1 is 1.32 bits per heavy atom. The highest BCUT2D eigenvalue weighted by atomic mass is 79.9. The Bertz CT molecular complexity index is 1230. The molecule has 7 nitrogen and oxygen atoms in total. The van der Waals surface area contributed by atoms with Crippen molar-refractivity contribution in [2.24, 2.45) is 5.41 Å². The average molecular weight is 503 g/mol. The number of nitrogens with one attached hydrogen (secondary N) is 2. The van der Waals surface area contributed by atoms with E-state index in [0.717, 1.165) is 28.5 Å². The van der Waals surface area contributed by atoms with Crippen LogP contribution >= 0.6 is 27.5 Å². The third-order valence-electron chi connectivity index (χ3n) is 6.46. The molecule has 0 radical (unpaired) electrons. The summed E-state index contributed by atoms with van der Waals surface area (Å²) in [5.74, 6) is 0.269. The van der Waals surface area contributed by atoms with Crippen molar-refractivity contribution in [2.75, 3.05) is 5.32 Å². The summed E-state index contributed by atoms with van der Waals surface area (Å²) in [7, 11) is 0. The molecule has 3 heterocycles. The molecule has 160 valence electrons. The van der Waals surface area contributed by atoms with E-state index in [2.05, 4.69) is 43.4 Å². The van der Waals surface area contributed by atoms with Crippen LogP contribution in [-0.2, 0) is 16.0 Å². The van der Waals surface area contributed by atoms with Gasteiger partial charge < -0.3 is 10.2 Å². The SMILES string of the molecule is Cc1ccc(Br)nc1NC(=O)[C@@H]1C[C@@]2(C)C[C@H]2N1C(=O)Cc1ccc2n[nH]c(Cl)c2c1. The van der Waals surface area contributed by atoms with Crippen molar-refractivity contribution in [1.82, 2.24) is 20.1 Å². The van der Waals surface area contributed by atoms with Crippen LogP contribution in [0.4, 0.5) is 5.82 Å². The van der Waals surface area contributed by atoms with Crippen LogP contribution in [0.5, 0.6) is 0 Å². The molecule has 2 fully saturated rings. The van der Waals surface area contributed by atoms with Crippen LogP contribution in [0.25, 0.3) is 10.9 Å². The largest absolute Gasteiger partial charge is 0.327 e. The van der Waals surface area contributed by atoms with Gasteiger partial charge in [-0.05, 0) is 70.4 Å². The minimum Gasteiger partial charge on any atom is -0.327 e. The molecular weight excluding hydrogens is 482 g/mol. The van der Waals surface area contributed by atoms with Gasteiger partial charge >= 0.3 is 0 Å². The molecular formula is C22H21BrClN5O2. The number of pyridine rings is 1. The van der Waals surface area contributed by atoms with Gasteiger partial charge in [-0.1, -0.05) is 30.7 Å². The molecule has 1 saturated heterocycles. The number of amides is 2. The number of H-pyrrole nitrogens is 1. The zero-order chi connectivity index (χ0) is 21.9. The van der Waals surface area contributed by atoms with Gasteiger partial charge in [-0.15, -0.1) is 0 Å². The number of hydrogen-bond acceptors (Lipinski definition) is 4. The number of rotatable bonds is 4. The lowest BCUT2D eigenvalue weighted by atomic mass is 10.0. The second kappa shape index (κ2) is 7.31. The number of aromatic nitrogens is 3. The lowest BCUT2D eigenvalue weighted by Gasteiger charge is -2.27. The third-order valence-corrected chi connectivity index (χ3v) is 7.19. The monoisotopic (exact) mass is 501 g/mol. The maximum Gasteiger partial charge on any atom is 0.248 e. The van der Waals surface area contributed by atoms with Crippen LogP contribution in [0.1, 0.15) is 30.9 Å². The topological polar surface area (TPSA) is 91.0 Å². The molecule has 0 spiro atoms. The first-order valence-electron chi connectivity index (χ1n) is 10.1. The molecule has 3 atom stereocenters. The third kappa shape index (κ3) is 3.61. The Hall–Kier alpha value is -2.45. The summed E-state index contributed by atoms with van der Waals surface area (Å²) in [6.45, 7) is 4.04. The molecule has 0 bridgehead atoms. The van der Waals surface area contributed by atoms with E-state index in [9.17, 15) is 9.59 Å². The molecule has 5 rings (SSSR count). The van der Waals surface area contributed by atoms with Gasteiger partial charge in [0.1, 0.15) is 21.6 Å². The molecule has 3 aromatic rings. The van der Waals surface area contributed by atoms with Gasteiger partial charge in [-0.2, -0.15) is 5.10 Å². The lowest BCUT2D eigenvalue weighted by Crippen LogP contribution is -2.46. The molecule has 31 heavy (non-hydrogen) atoms. The molecule has 1 aliphatic heterocycles. The predicted octanol–water partition coefficient (Wildman–Crippen LogP) is 4.24. The summed E-state index contributed by atoms with van der Waals surface area (Å²) in [6, 6.07) is 8.92. The van der Waals surface area contributed by atoms with Crippen LogP contribution in [0, 0.1) is 12.3 Å². The number of anilines is 1. The lowest BCUT2D eigenvalue weighted by molar-refractivity contribution is -0.137. The fraction of sp³-hybridized carbons (Fsp3) is 0.364. The molecule has 2 N–H and O–H groups in total. The van der Waals surface area contributed by atoms with Gasteiger partial charge in [-0.25, -0.2) is 4.98 Å². The summed E-state index contributed by atoms with van der Waals surface area (Å²) in [5.41, 5.74) is 2.48. The van der Waals surface area contributed by atoms with E-state index < -0.39 is 6.04 Å². The predicted molar refractivity (Wildman–Crippen MR) is 122 cm³/mol. The van der Waals surface area contributed by atoms with E-state index in [0.29, 0.717) is 22.0 Å². The summed E-state index contributed by atoms with van der Waals surface area (Å²) < 4.78 is 0.649. The maximum absolute atomic E-state index is 13.3. The number of nitrogens with zero attached hydrogens (tertiary/aromatic N) is 3. The van der Waals surface area contributed by atoms with Crippen molar-refractivity contribution in [3.63, 3.8) is 0 Å². The van der Waals surface area contributed by atoms with Crippen molar-refractivity contribution in [1.29, 1.82) is 0 Å². The van der Waals surface area contributed by atoms with Gasteiger partial charge in [0.25, 0.3) is 0 Å². The first-order chi connectivity index (χ1) is 14.7. The molecule has 1 aliphatic carbocycles. The van der Waals surface area contributed by atoms with E-state index in [1.54, 1.807) is 4.90 Å². The number of fused-ring (bicyclic) bond motifs is 2. The Morgan fingerprint density at radius 2 is 2.13 bits per heavy atom. The van der Waals surface area contributed by atoms with E-state index >= 15 is 0 Å². The van der Waals surface area contributed by atoms with Gasteiger partial charge in [0.2, 0.25) is 11.8 Å². The zero-order valence-corrected chi connectivity index (χ0v) is 19.4. The normalized spacial score (nSPS) is 24.3. The Morgan fingerprint density at radius 3 is 2.94 bits per heavy atom. The smallest absolute Gasteiger partial charge is 0.248 e. The fourth-order valence-electron chi connectivity index (χ4n) is 4.59. The summed E-state index contributed by atoms with van der Waals surface area (Å²) in [4.78, 5) is 32.6. The molecule has 2 aromatic heterocycles. The standard InChI is InChI=1S/C22H21BrClN5O2/c1-11-3-6-17(23)25-20(11)26-21(31)15-9-22(2)10-16(22)29(15)18(30)8-12-4-5-14-13(7-12)19(24)28-27-14/h3-7,15-16H,8-10H2,1-2H3,(H,27,28)(H,25,26,31)/t15-,16+,22-/m0/s1. The maximum atomic E-state index is 13.3. The van der Waals surface area contributed by atoms with Crippen molar-refractivity contribution < 1.29 is 9.59 Å². The second-order valence-electron chi connectivity index (χ2n) is 8.75. The Balaban J connectivity index is 1.37. The summed E-state index contributed by atoms with van der Waals surface area (Å²) >= 11 is 9.49. The minimum atomic E-state index is -0.502. The zero-order valence-electron chi connectivity index (χ0n) is 17.1. The number of benzene rings is 1. The van der Waals surface area contributed by atoms with Crippen molar-refractivity contribution in [3.05, 3.63) is 51.2 Å². The summed E-state index contributed by atoms with van der Waals surface area (Å²) in [6.07, 6.45) is 1.81. The number of likely N-dealkylation sites (tertiary alicyclic amines) is 1. The first kappa shape index (κ1) is 20.5. The number of aromatic amines is 1. The Labute approximate surface area is 192 Å². The highest BCUT2D eigenvalue weighted by Gasteiger charge is 2.64. The molecule has 9 heteroatoms. The highest BCUT2D eigenvalue weighted by molar-refractivity contribution is 9.10. The molecule has 1 saturated carbocycles. The van der Waals surface area contributed by atoms with Gasteiger partial charge in [0.15, 0.2) is 0 Å². The molecule has 1 aromatic carbocycles. The number of carbonyl (C=O) groups excluding carboxylic acids is 2. The minimum absolute atomic E-state index is 0.00916. The van der Waals surface area contributed by atoms with E-state index in [4.69, 9.17) is 11.6 Å². The highest BCUT2D eigenvalue weighted by Crippen LogP contribution is 2.59. The number of carbonyl (C=O) groups is 2. The van der Waals surface area contributed by atoms with Crippen LogP contribution < -0.4 is 5.32 Å². The second-order valence-corrected chi connectivity index (χ2v) is 9.94. The van der Waals surface area contributed by atoms with Crippen LogP contribution in [0.3, 0.4) is 0 Å². The van der Waals surface area contributed by atoms with E-state index in [1.165, 1.54) is 0 Å². The molecule has 2 aliphatic rings. The van der Waals surface area contributed by atoms with Crippen molar-refractivity contribution in [3.8, 4) is 0 Å². The van der Waals surface area contributed by atoms with Crippen LogP contribution in [-0.4, -0.2) is 44.0 Å².